The van der Waals surface area contributed by atoms with Crippen molar-refractivity contribution in [3.63, 3.8) is 0 Å². The molecule has 0 saturated carbocycles. The van der Waals surface area contributed by atoms with Crippen LogP contribution in [-0.2, 0) is 25.5 Å². The lowest BCUT2D eigenvalue weighted by atomic mass is 9.96. The van der Waals surface area contributed by atoms with Crippen LogP contribution in [0.5, 0.6) is 0 Å². The lowest BCUT2D eigenvalue weighted by Crippen LogP contribution is -2.50. The number of hydrogen-bond acceptors (Lipinski definition) is 5. The summed E-state index contributed by atoms with van der Waals surface area (Å²) in [6.07, 6.45) is 3.97. The molecule has 0 radical (unpaired) electrons. The molecule has 2 rings (SSSR count). The maximum atomic E-state index is 12.2. The summed E-state index contributed by atoms with van der Waals surface area (Å²) in [5, 5.41) is 2.98. The molecule has 7 nitrogen and oxygen atoms in total. The molecule has 7 heteroatoms. The van der Waals surface area contributed by atoms with Gasteiger partial charge in [-0.25, -0.2) is 4.98 Å². The largest absolute Gasteiger partial charge is 0.378 e. The number of amides is 1. The fraction of sp³-hybridized carbons (Fsp3) is 0.765. The molecule has 0 bridgehead atoms. The highest BCUT2D eigenvalue weighted by molar-refractivity contribution is 5.75. The first-order chi connectivity index (χ1) is 11.6. The molecular weight excluding hydrogens is 310 g/mol. The minimum Gasteiger partial charge on any atom is -0.378 e. The number of hydrogen-bond donors (Lipinski definition) is 1. The van der Waals surface area contributed by atoms with Crippen molar-refractivity contribution in [2.75, 3.05) is 34.0 Å². The van der Waals surface area contributed by atoms with Crippen LogP contribution in [0.4, 0.5) is 0 Å². The number of methoxy groups -OCH3 is 2. The third-order valence-electron chi connectivity index (χ3n) is 4.43. The van der Waals surface area contributed by atoms with Gasteiger partial charge in [-0.1, -0.05) is 13.8 Å². The van der Waals surface area contributed by atoms with Gasteiger partial charge in [0.2, 0.25) is 5.91 Å². The molecule has 3 atom stereocenters. The molecule has 1 aliphatic heterocycles. The smallest absolute Gasteiger partial charge is 0.221 e. The Kier molecular flexibility index (Phi) is 7.20. The Hall–Kier alpha value is -1.44. The van der Waals surface area contributed by atoms with Gasteiger partial charge in [-0.3, -0.25) is 4.79 Å². The molecule has 2 heterocycles. The van der Waals surface area contributed by atoms with E-state index in [1.165, 1.54) is 0 Å². The Morgan fingerprint density at radius 1 is 1.42 bits per heavy atom. The number of rotatable bonds is 8. The Morgan fingerprint density at radius 3 is 2.88 bits per heavy atom. The zero-order valence-corrected chi connectivity index (χ0v) is 15.0. The number of aryl methyl sites for hydroxylation is 1. The number of imidazole rings is 1. The maximum Gasteiger partial charge on any atom is 0.221 e. The van der Waals surface area contributed by atoms with Crippen molar-refractivity contribution >= 4 is 5.91 Å². The standard InChI is InChI=1S/C17H29N3O4/c1-12(2)17-18-6-8-20(17)7-5-15(21)19-9-13-10-24-11-14(22-3)16(13)23-4/h6,8,12-14,16H,5,7,9-11H2,1-4H3,(H,19,21)/t13-,14-,16+/m1/s1. The number of ether oxygens (including phenoxy) is 3. The molecule has 1 aromatic rings. The SMILES string of the molecule is CO[C@H]1[C@H](CNC(=O)CCn2ccnc2C(C)C)COC[C@H]1OC. The summed E-state index contributed by atoms with van der Waals surface area (Å²) in [4.78, 5) is 16.5. The van der Waals surface area contributed by atoms with Crippen LogP contribution >= 0.6 is 0 Å². The Bertz CT molecular complexity index is 518. The molecule has 1 N–H and O–H groups in total. The highest BCUT2D eigenvalue weighted by Gasteiger charge is 2.34. The number of aromatic nitrogens is 2. The monoisotopic (exact) mass is 339 g/mol. The number of nitrogens with one attached hydrogen (secondary N) is 1. The summed E-state index contributed by atoms with van der Waals surface area (Å²) in [6, 6.07) is 0. The van der Waals surface area contributed by atoms with E-state index < -0.39 is 0 Å². The fourth-order valence-electron chi connectivity index (χ4n) is 3.12. The molecule has 0 aliphatic carbocycles. The Morgan fingerprint density at radius 2 is 2.21 bits per heavy atom. The average molecular weight is 339 g/mol. The summed E-state index contributed by atoms with van der Waals surface area (Å²) >= 11 is 0. The van der Waals surface area contributed by atoms with Crippen molar-refractivity contribution in [2.24, 2.45) is 5.92 Å². The van der Waals surface area contributed by atoms with Crippen LogP contribution in [0.2, 0.25) is 0 Å². The molecule has 0 aromatic carbocycles. The molecule has 24 heavy (non-hydrogen) atoms. The van der Waals surface area contributed by atoms with Crippen molar-refractivity contribution in [3.05, 3.63) is 18.2 Å². The molecule has 1 aliphatic rings. The van der Waals surface area contributed by atoms with Gasteiger partial charge in [0.1, 0.15) is 11.9 Å². The van der Waals surface area contributed by atoms with E-state index in [1.54, 1.807) is 20.4 Å². The lowest BCUT2D eigenvalue weighted by molar-refractivity contribution is -0.147. The van der Waals surface area contributed by atoms with Crippen LogP contribution in [0.1, 0.15) is 32.0 Å². The zero-order chi connectivity index (χ0) is 17.5. The van der Waals surface area contributed by atoms with Gasteiger partial charge in [0.25, 0.3) is 0 Å². The molecule has 1 saturated heterocycles. The summed E-state index contributed by atoms with van der Waals surface area (Å²) in [5.41, 5.74) is 0. The van der Waals surface area contributed by atoms with Gasteiger partial charge in [-0.15, -0.1) is 0 Å². The van der Waals surface area contributed by atoms with Crippen LogP contribution in [0.3, 0.4) is 0 Å². The first kappa shape index (κ1) is 18.9. The second-order valence-corrected chi connectivity index (χ2v) is 6.46. The van der Waals surface area contributed by atoms with E-state index in [0.717, 1.165) is 5.82 Å². The van der Waals surface area contributed by atoms with Crippen molar-refractivity contribution in [3.8, 4) is 0 Å². The van der Waals surface area contributed by atoms with Crippen molar-refractivity contribution in [1.82, 2.24) is 14.9 Å². The molecule has 1 aromatic heterocycles. The quantitative estimate of drug-likeness (QED) is 0.770. The normalized spacial score (nSPS) is 24.3. The molecule has 1 amide bonds. The van der Waals surface area contributed by atoms with Gasteiger partial charge in [-0.05, 0) is 0 Å². The van der Waals surface area contributed by atoms with Gasteiger partial charge in [-0.2, -0.15) is 0 Å². The fourth-order valence-corrected chi connectivity index (χ4v) is 3.12. The molecule has 0 unspecified atom stereocenters. The summed E-state index contributed by atoms with van der Waals surface area (Å²) in [6.45, 7) is 6.45. The van der Waals surface area contributed by atoms with Crippen LogP contribution in [0.25, 0.3) is 0 Å². The van der Waals surface area contributed by atoms with E-state index in [0.29, 0.717) is 38.6 Å². The van der Waals surface area contributed by atoms with Crippen LogP contribution < -0.4 is 5.32 Å². The van der Waals surface area contributed by atoms with E-state index >= 15 is 0 Å². The summed E-state index contributed by atoms with van der Waals surface area (Å²) in [7, 11) is 3.32. The number of nitrogens with zero attached hydrogens (tertiary/aromatic N) is 2. The minimum absolute atomic E-state index is 0.0211. The molecular formula is C17H29N3O4. The zero-order valence-electron chi connectivity index (χ0n) is 15.0. The predicted molar refractivity (Wildman–Crippen MR) is 89.8 cm³/mol. The van der Waals surface area contributed by atoms with Gasteiger partial charge in [0.05, 0.1) is 19.3 Å². The predicted octanol–water partition coefficient (Wildman–Crippen LogP) is 1.19. The van der Waals surface area contributed by atoms with Gasteiger partial charge < -0.3 is 24.1 Å². The second kappa shape index (κ2) is 9.15. The van der Waals surface area contributed by atoms with Gasteiger partial charge in [0.15, 0.2) is 0 Å². The van der Waals surface area contributed by atoms with E-state index in [9.17, 15) is 4.79 Å². The third kappa shape index (κ3) is 4.78. The minimum atomic E-state index is -0.0924. The summed E-state index contributed by atoms with van der Waals surface area (Å²) < 4.78 is 18.5. The highest BCUT2D eigenvalue weighted by atomic mass is 16.6. The summed E-state index contributed by atoms with van der Waals surface area (Å²) in [5.74, 6) is 1.46. The maximum absolute atomic E-state index is 12.2. The average Bonchev–Trinajstić information content (AvgIpc) is 3.06. The van der Waals surface area contributed by atoms with E-state index in [2.05, 4.69) is 24.1 Å². The van der Waals surface area contributed by atoms with E-state index in [1.807, 2.05) is 10.8 Å². The molecule has 136 valence electrons. The van der Waals surface area contributed by atoms with Gasteiger partial charge in [0, 0.05) is 58.0 Å². The molecule has 1 fully saturated rings. The lowest BCUT2D eigenvalue weighted by Gasteiger charge is -2.36. The van der Waals surface area contributed by atoms with Crippen LogP contribution in [0, 0.1) is 5.92 Å². The second-order valence-electron chi connectivity index (χ2n) is 6.46. The number of carbonyl (C=O) groups is 1. The first-order valence-corrected chi connectivity index (χ1v) is 8.47. The highest BCUT2D eigenvalue weighted by Crippen LogP contribution is 2.19. The van der Waals surface area contributed by atoms with Gasteiger partial charge >= 0.3 is 0 Å². The third-order valence-corrected chi connectivity index (χ3v) is 4.43. The first-order valence-electron chi connectivity index (χ1n) is 8.47. The van der Waals surface area contributed by atoms with Crippen molar-refractivity contribution in [2.45, 2.75) is 44.9 Å². The Labute approximate surface area is 143 Å². The molecule has 0 spiro atoms. The number of carbonyl (C=O) groups excluding carboxylic acids is 1. The Balaban J connectivity index is 1.79. The van der Waals surface area contributed by atoms with E-state index in [4.69, 9.17) is 14.2 Å². The van der Waals surface area contributed by atoms with E-state index in [-0.39, 0.29) is 24.0 Å². The van der Waals surface area contributed by atoms with Crippen molar-refractivity contribution < 1.29 is 19.0 Å². The van der Waals surface area contributed by atoms with Crippen molar-refractivity contribution in [1.29, 1.82) is 0 Å². The topological polar surface area (TPSA) is 74.6 Å². The van der Waals surface area contributed by atoms with Crippen LogP contribution in [-0.4, -0.2) is 61.6 Å². The van der Waals surface area contributed by atoms with Crippen LogP contribution in [0.15, 0.2) is 12.4 Å².